The van der Waals surface area contributed by atoms with E-state index in [1.54, 1.807) is 25.2 Å². The maximum absolute atomic E-state index is 13.7. The molecule has 19 heavy (non-hydrogen) atoms. The van der Waals surface area contributed by atoms with Crippen LogP contribution in [0.2, 0.25) is 0 Å². The third-order valence-electron chi connectivity index (χ3n) is 2.71. The molecule has 0 saturated heterocycles. The molecule has 0 bridgehead atoms. The van der Waals surface area contributed by atoms with Crippen LogP contribution in [0.4, 0.5) is 21.6 Å². The zero-order valence-electron chi connectivity index (χ0n) is 10.2. The highest BCUT2D eigenvalue weighted by Crippen LogP contribution is 2.26. The molecule has 1 heterocycles. The number of carboxylic acids is 1. The average molecular weight is 261 g/mol. The summed E-state index contributed by atoms with van der Waals surface area (Å²) in [4.78, 5) is 16.5. The molecule has 1 aromatic carbocycles. The average Bonchev–Trinajstić information content (AvgIpc) is 2.38. The Morgan fingerprint density at radius 1 is 1.42 bits per heavy atom. The molecule has 0 radical (unpaired) electrons. The van der Waals surface area contributed by atoms with Gasteiger partial charge >= 0.3 is 5.97 Å². The lowest BCUT2D eigenvalue weighted by atomic mass is 10.2. The van der Waals surface area contributed by atoms with E-state index in [0.29, 0.717) is 11.5 Å². The summed E-state index contributed by atoms with van der Waals surface area (Å²) in [5.41, 5.74) is 5.83. The minimum Gasteiger partial charge on any atom is -0.478 e. The van der Waals surface area contributed by atoms with Crippen molar-refractivity contribution in [3.05, 3.63) is 47.9 Å². The number of hydrogen-bond donors (Lipinski definition) is 2. The van der Waals surface area contributed by atoms with Crippen LogP contribution in [-0.4, -0.2) is 23.1 Å². The van der Waals surface area contributed by atoms with Gasteiger partial charge in [-0.3, -0.25) is 0 Å². The Kier molecular flexibility index (Phi) is 3.33. The number of benzene rings is 1. The van der Waals surface area contributed by atoms with Crippen molar-refractivity contribution in [2.24, 2.45) is 0 Å². The quantitative estimate of drug-likeness (QED) is 0.886. The smallest absolute Gasteiger partial charge is 0.337 e. The molecule has 6 heteroatoms. The predicted molar refractivity (Wildman–Crippen MR) is 70.1 cm³/mol. The van der Waals surface area contributed by atoms with Crippen LogP contribution < -0.4 is 10.6 Å². The molecule has 0 aliphatic rings. The van der Waals surface area contributed by atoms with Crippen LogP contribution in [-0.2, 0) is 0 Å². The topological polar surface area (TPSA) is 79.5 Å². The van der Waals surface area contributed by atoms with Crippen LogP contribution in [0.1, 0.15) is 10.4 Å². The van der Waals surface area contributed by atoms with Gasteiger partial charge in [-0.25, -0.2) is 14.2 Å². The van der Waals surface area contributed by atoms with E-state index in [1.807, 2.05) is 0 Å². The Balaban J connectivity index is 2.45. The minimum absolute atomic E-state index is 0.0619. The second kappa shape index (κ2) is 4.93. The van der Waals surface area contributed by atoms with Gasteiger partial charge in [-0.2, -0.15) is 0 Å². The summed E-state index contributed by atoms with van der Waals surface area (Å²) in [7, 11) is 1.60. The van der Waals surface area contributed by atoms with Crippen LogP contribution in [0.25, 0.3) is 0 Å². The van der Waals surface area contributed by atoms with Crippen LogP contribution in [0.3, 0.4) is 0 Å². The first kappa shape index (κ1) is 12.8. The highest BCUT2D eigenvalue weighted by Gasteiger charge is 2.14. The first-order valence-corrected chi connectivity index (χ1v) is 5.47. The van der Waals surface area contributed by atoms with Crippen molar-refractivity contribution in [2.75, 3.05) is 17.7 Å². The zero-order chi connectivity index (χ0) is 14.0. The van der Waals surface area contributed by atoms with E-state index in [-0.39, 0.29) is 11.3 Å². The predicted octanol–water partition coefficient (Wildman–Crippen LogP) is 2.27. The molecule has 0 fully saturated rings. The van der Waals surface area contributed by atoms with E-state index in [1.165, 1.54) is 23.2 Å². The number of carboxylic acid groups (broad SMARTS) is 1. The van der Waals surface area contributed by atoms with Crippen molar-refractivity contribution in [1.29, 1.82) is 0 Å². The van der Waals surface area contributed by atoms with Crippen LogP contribution in [0.15, 0.2) is 36.5 Å². The maximum atomic E-state index is 13.7. The summed E-state index contributed by atoms with van der Waals surface area (Å²) in [5, 5.41) is 9.00. The molecule has 2 rings (SSSR count). The van der Waals surface area contributed by atoms with Gasteiger partial charge in [-0.1, -0.05) is 12.1 Å². The van der Waals surface area contributed by atoms with E-state index in [2.05, 4.69) is 4.98 Å². The van der Waals surface area contributed by atoms with E-state index in [9.17, 15) is 9.18 Å². The Morgan fingerprint density at radius 2 is 2.11 bits per heavy atom. The fraction of sp³-hybridized carbons (Fsp3) is 0.0769. The number of para-hydroxylation sites is 1. The summed E-state index contributed by atoms with van der Waals surface area (Å²) < 4.78 is 13.7. The molecular weight excluding hydrogens is 249 g/mol. The second-order valence-corrected chi connectivity index (χ2v) is 3.95. The van der Waals surface area contributed by atoms with Gasteiger partial charge in [0.15, 0.2) is 0 Å². The second-order valence-electron chi connectivity index (χ2n) is 3.95. The molecule has 0 aliphatic carbocycles. The van der Waals surface area contributed by atoms with Gasteiger partial charge in [0, 0.05) is 7.05 Å². The van der Waals surface area contributed by atoms with Crippen molar-refractivity contribution in [1.82, 2.24) is 4.98 Å². The largest absolute Gasteiger partial charge is 0.478 e. The number of aromatic carboxylic acids is 1. The molecule has 0 amide bonds. The standard InChI is InChI=1S/C13H12FN3O2/c1-17(11-5-3-2-4-9(11)14)12-6-8(13(18)19)10(15)7-16-12/h2-7H,15H2,1H3,(H,18,19). The Morgan fingerprint density at radius 3 is 2.74 bits per heavy atom. The third-order valence-corrected chi connectivity index (χ3v) is 2.71. The fourth-order valence-electron chi connectivity index (χ4n) is 1.67. The number of pyridine rings is 1. The molecule has 0 saturated carbocycles. The van der Waals surface area contributed by atoms with Gasteiger partial charge in [0.1, 0.15) is 11.6 Å². The van der Waals surface area contributed by atoms with E-state index in [4.69, 9.17) is 10.8 Å². The lowest BCUT2D eigenvalue weighted by Gasteiger charge is -2.19. The molecule has 1 aromatic heterocycles. The van der Waals surface area contributed by atoms with Crippen LogP contribution >= 0.6 is 0 Å². The maximum Gasteiger partial charge on any atom is 0.337 e. The first-order chi connectivity index (χ1) is 9.00. The van der Waals surface area contributed by atoms with Crippen LogP contribution in [0.5, 0.6) is 0 Å². The molecule has 0 atom stereocenters. The highest BCUT2D eigenvalue weighted by molar-refractivity contribution is 5.94. The first-order valence-electron chi connectivity index (χ1n) is 5.47. The molecule has 3 N–H and O–H groups in total. The van der Waals surface area contributed by atoms with Crippen molar-refractivity contribution < 1.29 is 14.3 Å². The third kappa shape index (κ3) is 2.47. The Bertz CT molecular complexity index is 631. The summed E-state index contributed by atoms with van der Waals surface area (Å²) in [6, 6.07) is 7.47. The number of aromatic nitrogens is 1. The molecule has 0 unspecified atom stereocenters. The summed E-state index contributed by atoms with van der Waals surface area (Å²) in [5.74, 6) is -1.26. The summed E-state index contributed by atoms with van der Waals surface area (Å²) in [6.07, 6.45) is 1.25. The molecule has 98 valence electrons. The Hall–Kier alpha value is -2.63. The lowest BCUT2D eigenvalue weighted by molar-refractivity contribution is 0.0698. The fourth-order valence-corrected chi connectivity index (χ4v) is 1.67. The molecule has 5 nitrogen and oxygen atoms in total. The number of nitrogens with two attached hydrogens (primary N) is 1. The van der Waals surface area contributed by atoms with Crippen molar-refractivity contribution in [2.45, 2.75) is 0 Å². The molecule has 0 aliphatic heterocycles. The minimum atomic E-state index is -1.15. The van der Waals surface area contributed by atoms with Crippen molar-refractivity contribution >= 4 is 23.2 Å². The number of hydrogen-bond acceptors (Lipinski definition) is 4. The van der Waals surface area contributed by atoms with Crippen molar-refractivity contribution in [3.8, 4) is 0 Å². The number of rotatable bonds is 3. The molecule has 2 aromatic rings. The highest BCUT2D eigenvalue weighted by atomic mass is 19.1. The SMILES string of the molecule is CN(c1cc(C(=O)O)c(N)cn1)c1ccccc1F. The monoisotopic (exact) mass is 261 g/mol. The normalized spacial score (nSPS) is 10.2. The summed E-state index contributed by atoms with van der Waals surface area (Å²) in [6.45, 7) is 0. The summed E-state index contributed by atoms with van der Waals surface area (Å²) >= 11 is 0. The molecular formula is C13H12FN3O2. The number of nitrogens with zero attached hydrogens (tertiary/aromatic N) is 2. The lowest BCUT2D eigenvalue weighted by Crippen LogP contribution is -2.14. The number of halogens is 1. The Labute approximate surface area is 109 Å². The van der Waals surface area contributed by atoms with E-state index in [0.717, 1.165) is 0 Å². The van der Waals surface area contributed by atoms with Gasteiger partial charge in [-0.05, 0) is 18.2 Å². The molecule has 0 spiro atoms. The van der Waals surface area contributed by atoms with Gasteiger partial charge in [-0.15, -0.1) is 0 Å². The number of nitrogen functional groups attached to an aromatic ring is 1. The van der Waals surface area contributed by atoms with Gasteiger partial charge < -0.3 is 15.7 Å². The van der Waals surface area contributed by atoms with E-state index >= 15 is 0 Å². The van der Waals surface area contributed by atoms with Gasteiger partial charge in [0.2, 0.25) is 0 Å². The number of carbonyl (C=O) groups is 1. The van der Waals surface area contributed by atoms with Gasteiger partial charge in [0.25, 0.3) is 0 Å². The van der Waals surface area contributed by atoms with Gasteiger partial charge in [0.05, 0.1) is 23.1 Å². The van der Waals surface area contributed by atoms with E-state index < -0.39 is 11.8 Å². The van der Waals surface area contributed by atoms with Crippen LogP contribution in [0, 0.1) is 5.82 Å². The zero-order valence-corrected chi connectivity index (χ0v) is 10.2. The van der Waals surface area contributed by atoms with Crippen molar-refractivity contribution in [3.63, 3.8) is 0 Å². The number of anilines is 3.